The van der Waals surface area contributed by atoms with Crippen LogP contribution in [0.25, 0.3) is 5.65 Å². The molecule has 1 saturated heterocycles. The van der Waals surface area contributed by atoms with Gasteiger partial charge in [-0.25, -0.2) is 9.50 Å². The lowest BCUT2D eigenvalue weighted by atomic mass is 10.4. The first-order valence-electron chi connectivity index (χ1n) is 7.40. The minimum atomic E-state index is 0.972. The maximum Gasteiger partial charge on any atom is 0.160 e. The van der Waals surface area contributed by atoms with Gasteiger partial charge in [0.2, 0.25) is 0 Å². The summed E-state index contributed by atoms with van der Waals surface area (Å²) in [5.41, 5.74) is 2.11. The molecule has 0 N–H and O–H groups in total. The lowest BCUT2D eigenvalue weighted by molar-refractivity contribution is 0.898. The maximum atomic E-state index is 4.64. The van der Waals surface area contributed by atoms with Crippen molar-refractivity contribution in [3.8, 4) is 0 Å². The molecule has 0 atom stereocenters. The molecule has 4 nitrogen and oxygen atoms in total. The highest BCUT2D eigenvalue weighted by atomic mass is 15.3. The third-order valence-corrected chi connectivity index (χ3v) is 2.96. The Bertz CT molecular complexity index is 484. The van der Waals surface area contributed by atoms with E-state index in [4.69, 9.17) is 0 Å². The van der Waals surface area contributed by atoms with Gasteiger partial charge in [0.25, 0.3) is 0 Å². The molecule has 0 saturated carbocycles. The zero-order valence-corrected chi connectivity index (χ0v) is 12.8. The summed E-state index contributed by atoms with van der Waals surface area (Å²) in [6.45, 7) is 12.3. The SMILES string of the molecule is CC.CC.Cc1cnn2ccc(N3CCCC3)nc12. The molecule has 19 heavy (non-hydrogen) atoms. The molecule has 2 aromatic heterocycles. The largest absolute Gasteiger partial charge is 0.357 e. The summed E-state index contributed by atoms with van der Waals surface area (Å²) < 4.78 is 1.83. The number of hydrogen-bond donors (Lipinski definition) is 0. The number of hydrogen-bond acceptors (Lipinski definition) is 3. The van der Waals surface area contributed by atoms with Crippen LogP contribution in [0.1, 0.15) is 46.1 Å². The van der Waals surface area contributed by atoms with Crippen molar-refractivity contribution < 1.29 is 0 Å². The van der Waals surface area contributed by atoms with E-state index in [0.29, 0.717) is 0 Å². The summed E-state index contributed by atoms with van der Waals surface area (Å²) in [7, 11) is 0. The van der Waals surface area contributed by atoms with Gasteiger partial charge in [-0.15, -0.1) is 0 Å². The third-order valence-electron chi connectivity index (χ3n) is 2.96. The average Bonchev–Trinajstić information content (AvgIpc) is 3.13. The van der Waals surface area contributed by atoms with E-state index in [9.17, 15) is 0 Å². The third kappa shape index (κ3) is 3.46. The van der Waals surface area contributed by atoms with Crippen LogP contribution in [0.3, 0.4) is 0 Å². The Balaban J connectivity index is 0.000000415. The smallest absolute Gasteiger partial charge is 0.160 e. The number of nitrogens with zero attached hydrogens (tertiary/aromatic N) is 4. The topological polar surface area (TPSA) is 33.4 Å². The molecule has 0 bridgehead atoms. The lowest BCUT2D eigenvalue weighted by Crippen LogP contribution is -2.19. The molecule has 0 aliphatic carbocycles. The van der Waals surface area contributed by atoms with Crippen molar-refractivity contribution in [1.29, 1.82) is 0 Å². The summed E-state index contributed by atoms with van der Waals surface area (Å²) in [6.07, 6.45) is 6.41. The van der Waals surface area contributed by atoms with Gasteiger partial charge in [-0.2, -0.15) is 5.10 Å². The van der Waals surface area contributed by atoms with Gasteiger partial charge in [0.15, 0.2) is 5.65 Å². The van der Waals surface area contributed by atoms with Crippen LogP contribution in [-0.4, -0.2) is 27.7 Å². The lowest BCUT2D eigenvalue weighted by Gasteiger charge is -2.15. The fraction of sp³-hybridized carbons (Fsp3) is 0.600. The zero-order chi connectivity index (χ0) is 14.3. The molecule has 3 rings (SSSR count). The van der Waals surface area contributed by atoms with Gasteiger partial charge in [-0.3, -0.25) is 0 Å². The predicted octanol–water partition coefficient (Wildman–Crippen LogP) is 3.69. The minimum absolute atomic E-state index is 0.972. The van der Waals surface area contributed by atoms with Crippen molar-refractivity contribution in [2.24, 2.45) is 0 Å². The van der Waals surface area contributed by atoms with Crippen molar-refractivity contribution in [3.63, 3.8) is 0 Å². The summed E-state index contributed by atoms with van der Waals surface area (Å²) in [5.74, 6) is 1.09. The first kappa shape index (κ1) is 15.5. The minimum Gasteiger partial charge on any atom is -0.357 e. The molecule has 1 aliphatic heterocycles. The van der Waals surface area contributed by atoms with Gasteiger partial charge in [-0.05, 0) is 25.8 Å². The summed E-state index contributed by atoms with van der Waals surface area (Å²) >= 11 is 0. The van der Waals surface area contributed by atoms with Gasteiger partial charge in [-0.1, -0.05) is 27.7 Å². The van der Waals surface area contributed by atoms with Crippen LogP contribution in [0.4, 0.5) is 5.82 Å². The second kappa shape index (κ2) is 7.77. The maximum absolute atomic E-state index is 4.64. The van der Waals surface area contributed by atoms with Gasteiger partial charge in [0.05, 0.1) is 6.20 Å². The van der Waals surface area contributed by atoms with Crippen LogP contribution in [0.5, 0.6) is 0 Å². The van der Waals surface area contributed by atoms with E-state index in [1.54, 1.807) is 0 Å². The molecule has 3 heterocycles. The van der Waals surface area contributed by atoms with E-state index < -0.39 is 0 Å². The van der Waals surface area contributed by atoms with Gasteiger partial charge >= 0.3 is 0 Å². The normalized spacial score (nSPS) is 13.6. The van der Waals surface area contributed by atoms with Crippen LogP contribution in [0.15, 0.2) is 18.5 Å². The highest BCUT2D eigenvalue weighted by Crippen LogP contribution is 2.18. The number of fused-ring (bicyclic) bond motifs is 1. The predicted molar refractivity (Wildman–Crippen MR) is 81.9 cm³/mol. The summed E-state index contributed by atoms with van der Waals surface area (Å²) in [5, 5.41) is 4.22. The number of rotatable bonds is 1. The number of aryl methyl sites for hydroxylation is 1. The number of anilines is 1. The quantitative estimate of drug-likeness (QED) is 0.786. The second-order valence-electron chi connectivity index (χ2n) is 4.08. The van der Waals surface area contributed by atoms with Crippen molar-refractivity contribution >= 4 is 11.5 Å². The van der Waals surface area contributed by atoms with E-state index in [1.165, 1.54) is 12.8 Å². The van der Waals surface area contributed by atoms with Crippen LogP contribution >= 0.6 is 0 Å². The Hall–Kier alpha value is -1.58. The Morgan fingerprint density at radius 1 is 1.05 bits per heavy atom. The van der Waals surface area contributed by atoms with Crippen molar-refractivity contribution in [2.75, 3.05) is 18.0 Å². The van der Waals surface area contributed by atoms with Crippen LogP contribution in [0.2, 0.25) is 0 Å². The fourth-order valence-corrected chi connectivity index (χ4v) is 2.10. The molecule has 0 spiro atoms. The standard InChI is InChI=1S/C11H14N4.2C2H6/c1-9-8-12-15-7-4-10(13-11(9)15)14-5-2-3-6-14;2*1-2/h4,7-8H,2-3,5-6H2,1H3;2*1-2H3. The molecule has 0 radical (unpaired) electrons. The van der Waals surface area contributed by atoms with Crippen molar-refractivity contribution in [3.05, 3.63) is 24.0 Å². The van der Waals surface area contributed by atoms with Crippen molar-refractivity contribution in [2.45, 2.75) is 47.5 Å². The Labute approximate surface area is 116 Å². The molecule has 0 aromatic carbocycles. The highest BCUT2D eigenvalue weighted by molar-refractivity contribution is 5.52. The van der Waals surface area contributed by atoms with Crippen LogP contribution in [0, 0.1) is 6.92 Å². The van der Waals surface area contributed by atoms with E-state index in [2.05, 4.69) is 15.0 Å². The fourth-order valence-electron chi connectivity index (χ4n) is 2.10. The summed E-state index contributed by atoms with van der Waals surface area (Å²) in [4.78, 5) is 6.98. The van der Waals surface area contributed by atoms with Crippen molar-refractivity contribution in [1.82, 2.24) is 14.6 Å². The highest BCUT2D eigenvalue weighted by Gasteiger charge is 2.14. The molecule has 1 fully saturated rings. The van der Waals surface area contributed by atoms with E-state index >= 15 is 0 Å². The molecule has 2 aromatic rings. The van der Waals surface area contributed by atoms with Gasteiger partial charge < -0.3 is 4.90 Å². The van der Waals surface area contributed by atoms with Crippen LogP contribution < -0.4 is 4.90 Å². The van der Waals surface area contributed by atoms with E-state index in [1.807, 2.05) is 57.6 Å². The Morgan fingerprint density at radius 2 is 1.68 bits per heavy atom. The molecule has 0 unspecified atom stereocenters. The molecular weight excluding hydrogens is 236 g/mol. The summed E-state index contributed by atoms with van der Waals surface area (Å²) in [6, 6.07) is 2.05. The van der Waals surface area contributed by atoms with E-state index in [-0.39, 0.29) is 0 Å². The Kier molecular flexibility index (Phi) is 6.33. The second-order valence-corrected chi connectivity index (χ2v) is 4.08. The van der Waals surface area contributed by atoms with Gasteiger partial charge in [0, 0.05) is 24.8 Å². The zero-order valence-electron chi connectivity index (χ0n) is 12.8. The number of aromatic nitrogens is 3. The molecule has 106 valence electrons. The van der Waals surface area contributed by atoms with E-state index in [0.717, 1.165) is 30.1 Å². The monoisotopic (exact) mass is 262 g/mol. The average molecular weight is 262 g/mol. The first-order chi connectivity index (χ1) is 9.34. The molecule has 1 aliphatic rings. The first-order valence-corrected chi connectivity index (χ1v) is 7.40. The molecule has 0 amide bonds. The van der Waals surface area contributed by atoms with Gasteiger partial charge in [0.1, 0.15) is 5.82 Å². The molecular formula is C15H26N4. The van der Waals surface area contributed by atoms with Crippen LogP contribution in [-0.2, 0) is 0 Å². The Morgan fingerprint density at radius 3 is 2.32 bits per heavy atom. The molecule has 4 heteroatoms.